The summed E-state index contributed by atoms with van der Waals surface area (Å²) in [4.78, 5) is 8.71. The molecule has 0 aromatic heterocycles. The molecule has 82 valence electrons. The Morgan fingerprint density at radius 1 is 1.19 bits per heavy atom. The zero-order valence-corrected chi connectivity index (χ0v) is 9.61. The summed E-state index contributed by atoms with van der Waals surface area (Å²) in [5.41, 5.74) is 4.53. The molecule has 2 aliphatic rings. The monoisotopic (exact) mass is 212 g/mol. The molecule has 1 aliphatic carbocycles. The molecule has 0 bridgehead atoms. The van der Waals surface area contributed by atoms with Crippen molar-refractivity contribution in [3.63, 3.8) is 0 Å². The summed E-state index contributed by atoms with van der Waals surface area (Å²) in [6, 6.07) is 8.78. The summed E-state index contributed by atoms with van der Waals surface area (Å²) in [6.07, 6.45) is 5.16. The molecule has 0 amide bonds. The summed E-state index contributed by atoms with van der Waals surface area (Å²) in [6.45, 7) is 3.08. The first kappa shape index (κ1) is 9.76. The molecular weight excluding hydrogens is 196 g/mol. The van der Waals surface area contributed by atoms with Crippen molar-refractivity contribution in [3.05, 3.63) is 35.4 Å². The molecule has 0 saturated heterocycles. The Morgan fingerprint density at radius 3 is 2.38 bits per heavy atom. The van der Waals surface area contributed by atoms with Gasteiger partial charge in [-0.3, -0.25) is 4.99 Å². The standard InChI is InChI=1S/C14H16N2/c1-2-14(13-9-15-10-16-13)7-11-5-3-4-6-12(11)8-14/h3-6,10H,2,7-9H2,1H3. The van der Waals surface area contributed by atoms with Crippen molar-refractivity contribution in [3.8, 4) is 0 Å². The van der Waals surface area contributed by atoms with Crippen molar-refractivity contribution < 1.29 is 0 Å². The Kier molecular flexibility index (Phi) is 2.16. The summed E-state index contributed by atoms with van der Waals surface area (Å²) < 4.78 is 0. The second kappa shape index (κ2) is 3.55. The molecule has 0 atom stereocenters. The van der Waals surface area contributed by atoms with E-state index in [9.17, 15) is 0 Å². The Bertz CT molecular complexity index is 446. The van der Waals surface area contributed by atoms with Crippen LogP contribution in [0.4, 0.5) is 0 Å². The van der Waals surface area contributed by atoms with Gasteiger partial charge in [0.15, 0.2) is 0 Å². The molecule has 0 spiro atoms. The van der Waals surface area contributed by atoms with Gasteiger partial charge in [0, 0.05) is 11.1 Å². The van der Waals surface area contributed by atoms with Crippen molar-refractivity contribution in [1.82, 2.24) is 0 Å². The molecule has 0 unspecified atom stereocenters. The Labute approximate surface area is 96.1 Å². The number of benzene rings is 1. The van der Waals surface area contributed by atoms with Crippen LogP contribution in [0.25, 0.3) is 0 Å². The Morgan fingerprint density at radius 2 is 1.88 bits per heavy atom. The zero-order valence-electron chi connectivity index (χ0n) is 9.61. The minimum atomic E-state index is 0.250. The van der Waals surface area contributed by atoms with Crippen molar-refractivity contribution in [2.75, 3.05) is 6.54 Å². The van der Waals surface area contributed by atoms with Crippen LogP contribution in [0.2, 0.25) is 0 Å². The Hall–Kier alpha value is -1.44. The van der Waals surface area contributed by atoms with Crippen LogP contribution in [-0.4, -0.2) is 18.6 Å². The number of hydrogen-bond donors (Lipinski definition) is 0. The first-order valence-electron chi connectivity index (χ1n) is 5.96. The summed E-state index contributed by atoms with van der Waals surface area (Å²) in [5.74, 6) is 0. The highest BCUT2D eigenvalue weighted by Gasteiger charge is 2.40. The molecule has 3 rings (SSSR count). The first-order valence-corrected chi connectivity index (χ1v) is 5.96. The van der Waals surface area contributed by atoms with E-state index >= 15 is 0 Å². The van der Waals surface area contributed by atoms with Gasteiger partial charge in [0.1, 0.15) is 6.34 Å². The lowest BCUT2D eigenvalue weighted by molar-refractivity contribution is 0.426. The SMILES string of the molecule is CCC1(C2=NC=NC2)Cc2ccccc2C1. The van der Waals surface area contributed by atoms with Crippen molar-refractivity contribution in [2.45, 2.75) is 26.2 Å². The largest absolute Gasteiger partial charge is 0.267 e. The molecule has 1 aromatic carbocycles. The second-order valence-electron chi connectivity index (χ2n) is 4.79. The second-order valence-corrected chi connectivity index (χ2v) is 4.79. The minimum absolute atomic E-state index is 0.250. The normalized spacial score (nSPS) is 20.9. The molecule has 1 aliphatic heterocycles. The number of nitrogens with zero attached hydrogens (tertiary/aromatic N) is 2. The third kappa shape index (κ3) is 1.33. The van der Waals surface area contributed by atoms with Crippen LogP contribution in [0.3, 0.4) is 0 Å². The minimum Gasteiger partial charge on any atom is -0.267 e. The molecule has 0 radical (unpaired) electrons. The van der Waals surface area contributed by atoms with E-state index in [1.807, 2.05) is 0 Å². The van der Waals surface area contributed by atoms with Gasteiger partial charge in [0.2, 0.25) is 0 Å². The third-order valence-corrected chi connectivity index (χ3v) is 4.00. The van der Waals surface area contributed by atoms with E-state index in [0.717, 1.165) is 25.8 Å². The predicted octanol–water partition coefficient (Wildman–Crippen LogP) is 2.66. The molecule has 2 heteroatoms. The van der Waals surface area contributed by atoms with Gasteiger partial charge in [-0.25, -0.2) is 4.99 Å². The smallest absolute Gasteiger partial charge is 0.110 e. The summed E-state index contributed by atoms with van der Waals surface area (Å²) >= 11 is 0. The lowest BCUT2D eigenvalue weighted by atomic mass is 9.77. The zero-order chi connectivity index (χ0) is 11.0. The van der Waals surface area contributed by atoms with Crippen molar-refractivity contribution in [1.29, 1.82) is 0 Å². The van der Waals surface area contributed by atoms with E-state index in [2.05, 4.69) is 41.2 Å². The maximum Gasteiger partial charge on any atom is 0.110 e. The highest BCUT2D eigenvalue weighted by atomic mass is 15.0. The molecule has 16 heavy (non-hydrogen) atoms. The van der Waals surface area contributed by atoms with Gasteiger partial charge in [-0.15, -0.1) is 0 Å². The topological polar surface area (TPSA) is 24.7 Å². The van der Waals surface area contributed by atoms with Crippen LogP contribution < -0.4 is 0 Å². The van der Waals surface area contributed by atoms with Crippen LogP contribution in [0.5, 0.6) is 0 Å². The fourth-order valence-electron chi connectivity index (χ4n) is 2.94. The van der Waals surface area contributed by atoms with Crippen LogP contribution in [-0.2, 0) is 12.8 Å². The number of aliphatic imine (C=N–C) groups is 2. The summed E-state index contributed by atoms with van der Waals surface area (Å²) in [5, 5.41) is 0. The lowest BCUT2D eigenvalue weighted by Gasteiger charge is -2.27. The number of rotatable bonds is 2. The Balaban J connectivity index is 1.97. The van der Waals surface area contributed by atoms with E-state index in [4.69, 9.17) is 0 Å². The van der Waals surface area contributed by atoms with Gasteiger partial charge >= 0.3 is 0 Å². The highest BCUT2D eigenvalue weighted by Crippen LogP contribution is 2.41. The molecule has 1 heterocycles. The van der Waals surface area contributed by atoms with E-state index in [1.54, 1.807) is 6.34 Å². The number of fused-ring (bicyclic) bond motifs is 1. The van der Waals surface area contributed by atoms with Gasteiger partial charge in [-0.2, -0.15) is 0 Å². The van der Waals surface area contributed by atoms with Crippen molar-refractivity contribution in [2.24, 2.45) is 15.4 Å². The maximum absolute atomic E-state index is 4.47. The lowest BCUT2D eigenvalue weighted by Crippen LogP contribution is -2.32. The average Bonchev–Trinajstić information content (AvgIpc) is 2.96. The van der Waals surface area contributed by atoms with Crippen LogP contribution in [0.15, 0.2) is 34.3 Å². The van der Waals surface area contributed by atoms with Gasteiger partial charge in [0.25, 0.3) is 0 Å². The third-order valence-electron chi connectivity index (χ3n) is 4.00. The molecule has 0 fully saturated rings. The molecule has 0 saturated carbocycles. The first-order chi connectivity index (χ1) is 7.84. The van der Waals surface area contributed by atoms with E-state index in [-0.39, 0.29) is 5.41 Å². The highest BCUT2D eigenvalue weighted by molar-refractivity contribution is 6.01. The van der Waals surface area contributed by atoms with Gasteiger partial charge in [0.05, 0.1) is 6.54 Å². The van der Waals surface area contributed by atoms with Crippen molar-refractivity contribution >= 4 is 12.1 Å². The van der Waals surface area contributed by atoms with Gasteiger partial charge < -0.3 is 0 Å². The van der Waals surface area contributed by atoms with Crippen LogP contribution >= 0.6 is 0 Å². The number of hydrogen-bond acceptors (Lipinski definition) is 2. The quantitative estimate of drug-likeness (QED) is 0.720. The average molecular weight is 212 g/mol. The van der Waals surface area contributed by atoms with Crippen LogP contribution in [0.1, 0.15) is 24.5 Å². The van der Waals surface area contributed by atoms with Crippen LogP contribution in [0, 0.1) is 5.41 Å². The van der Waals surface area contributed by atoms with E-state index in [1.165, 1.54) is 16.8 Å². The summed E-state index contributed by atoms with van der Waals surface area (Å²) in [7, 11) is 0. The molecule has 1 aromatic rings. The molecule has 2 nitrogen and oxygen atoms in total. The fraction of sp³-hybridized carbons (Fsp3) is 0.429. The van der Waals surface area contributed by atoms with Gasteiger partial charge in [-0.05, 0) is 30.4 Å². The fourth-order valence-corrected chi connectivity index (χ4v) is 2.94. The predicted molar refractivity (Wildman–Crippen MR) is 67.4 cm³/mol. The van der Waals surface area contributed by atoms with E-state index < -0.39 is 0 Å². The van der Waals surface area contributed by atoms with E-state index in [0.29, 0.717) is 0 Å². The molecule has 0 N–H and O–H groups in total. The molecular formula is C14H16N2. The van der Waals surface area contributed by atoms with Gasteiger partial charge in [-0.1, -0.05) is 31.2 Å². The maximum atomic E-state index is 4.47.